The first-order valence-electron chi connectivity index (χ1n) is 9.92. The van der Waals surface area contributed by atoms with Crippen molar-refractivity contribution in [3.8, 4) is 0 Å². The Labute approximate surface area is 171 Å². The van der Waals surface area contributed by atoms with Crippen molar-refractivity contribution in [2.45, 2.75) is 6.04 Å². The third kappa shape index (κ3) is 3.45. The van der Waals surface area contributed by atoms with Crippen molar-refractivity contribution in [3.63, 3.8) is 0 Å². The molecule has 2 atom stereocenters. The number of rotatable bonds is 3. The molecule has 0 bridgehead atoms. The van der Waals surface area contributed by atoms with E-state index in [0.717, 1.165) is 24.3 Å². The second-order valence-corrected chi connectivity index (χ2v) is 7.66. The minimum absolute atomic E-state index is 0.126. The summed E-state index contributed by atoms with van der Waals surface area (Å²) in [5.41, 5.74) is 5.83. The zero-order chi connectivity index (χ0) is 19.6. The maximum atomic E-state index is 5.16. The number of aromatic nitrogens is 2. The number of benzene rings is 1. The molecule has 0 saturated carbocycles. The van der Waals surface area contributed by atoms with Crippen LogP contribution in [0.25, 0.3) is 6.08 Å². The van der Waals surface area contributed by atoms with E-state index in [4.69, 9.17) is 5.10 Å². The summed E-state index contributed by atoms with van der Waals surface area (Å²) in [5, 5.41) is 7.33. The summed E-state index contributed by atoms with van der Waals surface area (Å²) in [6.07, 6.45) is 9.73. The first kappa shape index (κ1) is 17.8. The number of anilines is 1. The Bertz CT molecular complexity index is 1030. The molecular weight excluding hydrogens is 358 g/mol. The second kappa shape index (κ2) is 7.60. The third-order valence-corrected chi connectivity index (χ3v) is 5.56. The summed E-state index contributed by atoms with van der Waals surface area (Å²) >= 11 is 0. The normalized spacial score (nSPS) is 23.1. The van der Waals surface area contributed by atoms with E-state index in [-0.39, 0.29) is 12.0 Å². The topological polar surface area (TPSA) is 44.6 Å². The highest BCUT2D eigenvalue weighted by atomic mass is 15.5. The standard InChI is InChI=1S/C24H23N5/c1-28-16-20(13-18-7-5-11-25-14-18)23-22(17-28)24(19-8-6-12-26-15-19)29(27-23)21-9-3-2-4-10-21/h2-15,22,24H,16-17H2,1H3/b20-13+. The lowest BCUT2D eigenvalue weighted by Gasteiger charge is -2.34. The number of likely N-dealkylation sites (tertiary alicyclic amines) is 1. The molecule has 3 aromatic rings. The van der Waals surface area contributed by atoms with Crippen molar-refractivity contribution in [1.82, 2.24) is 14.9 Å². The first-order chi connectivity index (χ1) is 14.3. The number of hydrazone groups is 1. The van der Waals surface area contributed by atoms with Crippen LogP contribution in [0.3, 0.4) is 0 Å². The molecule has 0 aliphatic carbocycles. The van der Waals surface area contributed by atoms with Crippen LogP contribution in [0.4, 0.5) is 5.69 Å². The summed E-state index contributed by atoms with van der Waals surface area (Å²) in [6.45, 7) is 1.85. The molecule has 2 aromatic heterocycles. The van der Waals surface area contributed by atoms with Crippen LogP contribution in [0, 0.1) is 5.92 Å². The second-order valence-electron chi connectivity index (χ2n) is 7.66. The Morgan fingerprint density at radius 2 is 1.72 bits per heavy atom. The number of piperidine rings is 1. The van der Waals surface area contributed by atoms with Gasteiger partial charge in [-0.15, -0.1) is 0 Å². The Morgan fingerprint density at radius 1 is 0.931 bits per heavy atom. The van der Waals surface area contributed by atoms with Gasteiger partial charge >= 0.3 is 0 Å². The van der Waals surface area contributed by atoms with Gasteiger partial charge in [-0.3, -0.25) is 15.0 Å². The molecular formula is C24H23N5. The number of pyridine rings is 2. The maximum Gasteiger partial charge on any atom is 0.0887 e. The van der Waals surface area contributed by atoms with Gasteiger partial charge in [-0.25, -0.2) is 0 Å². The van der Waals surface area contributed by atoms with Crippen molar-refractivity contribution in [3.05, 3.63) is 96.1 Å². The van der Waals surface area contributed by atoms with E-state index in [1.807, 2.05) is 36.8 Å². The highest BCUT2D eigenvalue weighted by Gasteiger charge is 2.43. The fourth-order valence-electron chi connectivity index (χ4n) is 4.34. The molecule has 1 aromatic carbocycles. The molecule has 5 nitrogen and oxygen atoms in total. The van der Waals surface area contributed by atoms with Gasteiger partial charge in [-0.2, -0.15) is 5.10 Å². The number of hydrogen-bond donors (Lipinski definition) is 0. The zero-order valence-corrected chi connectivity index (χ0v) is 16.4. The predicted octanol–water partition coefficient (Wildman–Crippen LogP) is 4.04. The number of para-hydroxylation sites is 1. The highest BCUT2D eigenvalue weighted by Crippen LogP contribution is 2.42. The first-order valence-corrected chi connectivity index (χ1v) is 9.92. The molecule has 2 aliphatic rings. The minimum atomic E-state index is 0.126. The molecule has 29 heavy (non-hydrogen) atoms. The molecule has 2 aliphatic heterocycles. The van der Waals surface area contributed by atoms with Gasteiger partial charge in [0.15, 0.2) is 0 Å². The summed E-state index contributed by atoms with van der Waals surface area (Å²) in [5.74, 6) is 0.279. The summed E-state index contributed by atoms with van der Waals surface area (Å²) in [4.78, 5) is 11.0. The smallest absolute Gasteiger partial charge is 0.0887 e. The molecule has 4 heterocycles. The quantitative estimate of drug-likeness (QED) is 0.687. The Balaban J connectivity index is 1.62. The van der Waals surface area contributed by atoms with Crippen LogP contribution in [0.15, 0.2) is 90.1 Å². The molecule has 144 valence electrons. The summed E-state index contributed by atoms with van der Waals surface area (Å²) < 4.78 is 0. The molecule has 0 amide bonds. The Morgan fingerprint density at radius 3 is 2.45 bits per heavy atom. The molecule has 0 spiro atoms. The van der Waals surface area contributed by atoms with Crippen LogP contribution in [0.2, 0.25) is 0 Å². The van der Waals surface area contributed by atoms with Crippen LogP contribution >= 0.6 is 0 Å². The Kier molecular flexibility index (Phi) is 4.66. The molecule has 5 heteroatoms. The van der Waals surface area contributed by atoms with Crippen molar-refractivity contribution in [2.24, 2.45) is 11.0 Å². The third-order valence-electron chi connectivity index (χ3n) is 5.56. The largest absolute Gasteiger partial charge is 0.301 e. The SMILES string of the molecule is CN1C/C(=C\c2cccnc2)C2=NN(c3ccccc3)C(c3cccnc3)C2C1. The van der Waals surface area contributed by atoms with Crippen LogP contribution in [0.5, 0.6) is 0 Å². The van der Waals surface area contributed by atoms with E-state index < -0.39 is 0 Å². The van der Waals surface area contributed by atoms with Gasteiger partial charge in [0, 0.05) is 43.8 Å². The van der Waals surface area contributed by atoms with Gasteiger partial charge in [0.1, 0.15) is 0 Å². The minimum Gasteiger partial charge on any atom is -0.301 e. The van der Waals surface area contributed by atoms with Crippen LogP contribution in [0.1, 0.15) is 17.2 Å². The monoisotopic (exact) mass is 381 g/mol. The molecule has 1 fully saturated rings. The fraction of sp³-hybridized carbons (Fsp3) is 0.208. The van der Waals surface area contributed by atoms with Gasteiger partial charge in [0.2, 0.25) is 0 Å². The molecule has 0 N–H and O–H groups in total. The van der Waals surface area contributed by atoms with Crippen LogP contribution in [-0.2, 0) is 0 Å². The van der Waals surface area contributed by atoms with E-state index in [1.165, 1.54) is 16.8 Å². The maximum absolute atomic E-state index is 5.16. The van der Waals surface area contributed by atoms with E-state index in [9.17, 15) is 0 Å². The van der Waals surface area contributed by atoms with Gasteiger partial charge in [0.25, 0.3) is 0 Å². The van der Waals surface area contributed by atoms with Crippen molar-refractivity contribution < 1.29 is 0 Å². The van der Waals surface area contributed by atoms with E-state index in [1.54, 1.807) is 6.20 Å². The number of hydrogen-bond acceptors (Lipinski definition) is 5. The molecule has 1 saturated heterocycles. The molecule has 5 rings (SSSR count). The van der Waals surface area contributed by atoms with Gasteiger partial charge < -0.3 is 4.90 Å². The van der Waals surface area contributed by atoms with E-state index in [0.29, 0.717) is 0 Å². The predicted molar refractivity (Wildman–Crippen MR) is 117 cm³/mol. The van der Waals surface area contributed by atoms with Gasteiger partial charge in [-0.05, 0) is 54.1 Å². The lowest BCUT2D eigenvalue weighted by atomic mass is 9.83. The van der Waals surface area contributed by atoms with Gasteiger partial charge in [-0.1, -0.05) is 30.3 Å². The average Bonchev–Trinajstić information content (AvgIpc) is 3.15. The van der Waals surface area contributed by atoms with Crippen LogP contribution in [-0.4, -0.2) is 40.7 Å². The fourth-order valence-corrected chi connectivity index (χ4v) is 4.34. The number of nitrogens with zero attached hydrogens (tertiary/aromatic N) is 5. The summed E-state index contributed by atoms with van der Waals surface area (Å²) in [7, 11) is 2.18. The van der Waals surface area contributed by atoms with Crippen molar-refractivity contribution in [1.29, 1.82) is 0 Å². The number of fused-ring (bicyclic) bond motifs is 1. The zero-order valence-electron chi connectivity index (χ0n) is 16.4. The molecule has 2 unspecified atom stereocenters. The van der Waals surface area contributed by atoms with E-state index >= 15 is 0 Å². The molecule has 0 radical (unpaired) electrons. The van der Waals surface area contributed by atoms with Crippen molar-refractivity contribution in [2.75, 3.05) is 25.1 Å². The lowest BCUT2D eigenvalue weighted by molar-refractivity contribution is 0.303. The van der Waals surface area contributed by atoms with Gasteiger partial charge in [0.05, 0.1) is 17.4 Å². The van der Waals surface area contributed by atoms with Crippen LogP contribution < -0.4 is 5.01 Å². The van der Waals surface area contributed by atoms with Crippen molar-refractivity contribution >= 4 is 17.5 Å². The van der Waals surface area contributed by atoms with E-state index in [2.05, 4.69) is 69.4 Å². The summed E-state index contributed by atoms with van der Waals surface area (Å²) in [6, 6.07) is 18.8. The average molecular weight is 381 g/mol. The lowest BCUT2D eigenvalue weighted by Crippen LogP contribution is -2.41. The Hall–Kier alpha value is -3.31. The number of likely N-dealkylation sites (N-methyl/N-ethyl adjacent to an activating group) is 1. The highest BCUT2D eigenvalue weighted by molar-refractivity contribution is 6.08.